The molecule has 0 aromatic carbocycles. The first-order valence-corrected chi connectivity index (χ1v) is 7.96. The van der Waals surface area contributed by atoms with Crippen LogP contribution in [-0.2, 0) is 16.1 Å². The maximum Gasteiger partial charge on any atom is 0.227 e. The van der Waals surface area contributed by atoms with Crippen LogP contribution in [0.25, 0.3) is 0 Å². The fourth-order valence-electron chi connectivity index (χ4n) is 1.98. The van der Waals surface area contributed by atoms with Crippen LogP contribution in [0.3, 0.4) is 0 Å². The molecule has 1 fully saturated rings. The summed E-state index contributed by atoms with van der Waals surface area (Å²) in [5, 5.41) is 3.37. The zero-order chi connectivity index (χ0) is 14.4. The first kappa shape index (κ1) is 15.7. The molecule has 0 spiro atoms. The zero-order valence-electron chi connectivity index (χ0n) is 12.0. The highest BCUT2D eigenvalue weighted by Crippen LogP contribution is 2.23. The Hall–Kier alpha value is -0.670. The first-order valence-electron chi connectivity index (χ1n) is 6.88. The summed E-state index contributed by atoms with van der Waals surface area (Å²) in [7, 11) is 1.69. The molecule has 0 atom stereocenters. The number of anilines is 2. The summed E-state index contributed by atoms with van der Waals surface area (Å²) in [5.74, 6) is 1.66. The second-order valence-electron chi connectivity index (χ2n) is 4.59. The molecule has 6 nitrogen and oxygen atoms in total. The molecule has 7 heteroatoms. The maximum atomic E-state index is 5.38. The minimum atomic E-state index is 0.499. The topological polar surface area (TPSA) is 59.5 Å². The van der Waals surface area contributed by atoms with Gasteiger partial charge in [-0.25, -0.2) is 4.98 Å². The Morgan fingerprint density at radius 1 is 1.35 bits per heavy atom. The van der Waals surface area contributed by atoms with E-state index in [9.17, 15) is 0 Å². The van der Waals surface area contributed by atoms with Gasteiger partial charge < -0.3 is 19.7 Å². The Balaban J connectivity index is 2.27. The number of nitrogens with one attached hydrogen (secondary N) is 1. The van der Waals surface area contributed by atoms with Crippen LogP contribution in [0.15, 0.2) is 0 Å². The van der Waals surface area contributed by atoms with Crippen molar-refractivity contribution < 1.29 is 9.47 Å². The van der Waals surface area contributed by atoms with Crippen LogP contribution in [0.5, 0.6) is 0 Å². The van der Waals surface area contributed by atoms with E-state index in [1.54, 1.807) is 7.11 Å². The number of halogens is 1. The van der Waals surface area contributed by atoms with E-state index in [1.165, 1.54) is 0 Å². The van der Waals surface area contributed by atoms with Crippen LogP contribution >= 0.6 is 22.6 Å². The minimum Gasteiger partial charge on any atom is -0.378 e. The lowest BCUT2D eigenvalue weighted by molar-refractivity contribution is 0.122. The normalized spacial score (nSPS) is 15.4. The molecule has 1 aliphatic rings. The van der Waals surface area contributed by atoms with E-state index in [1.807, 2.05) is 0 Å². The van der Waals surface area contributed by atoms with Crippen molar-refractivity contribution in [3.05, 3.63) is 9.26 Å². The van der Waals surface area contributed by atoms with Gasteiger partial charge in [0.15, 0.2) is 0 Å². The molecule has 20 heavy (non-hydrogen) atoms. The van der Waals surface area contributed by atoms with Crippen LogP contribution in [-0.4, -0.2) is 49.9 Å². The number of hydrogen-bond donors (Lipinski definition) is 1. The van der Waals surface area contributed by atoms with Crippen LogP contribution < -0.4 is 10.2 Å². The van der Waals surface area contributed by atoms with E-state index in [0.717, 1.165) is 60.3 Å². The lowest BCUT2D eigenvalue weighted by atomic mass is 10.3. The minimum absolute atomic E-state index is 0.499. The average Bonchev–Trinajstić information content (AvgIpc) is 2.49. The first-order chi connectivity index (χ1) is 9.76. The van der Waals surface area contributed by atoms with E-state index in [2.05, 4.69) is 49.7 Å². The smallest absolute Gasteiger partial charge is 0.227 e. The van der Waals surface area contributed by atoms with E-state index < -0.39 is 0 Å². The van der Waals surface area contributed by atoms with Crippen LogP contribution in [0.4, 0.5) is 11.8 Å². The van der Waals surface area contributed by atoms with E-state index >= 15 is 0 Å². The van der Waals surface area contributed by atoms with Crippen molar-refractivity contribution >= 4 is 34.4 Å². The highest BCUT2D eigenvalue weighted by molar-refractivity contribution is 14.1. The summed E-state index contributed by atoms with van der Waals surface area (Å²) < 4.78 is 11.7. The van der Waals surface area contributed by atoms with Crippen molar-refractivity contribution in [2.45, 2.75) is 20.0 Å². The Bertz CT molecular complexity index is 439. The number of methoxy groups -OCH3 is 1. The molecular weight excluding hydrogens is 371 g/mol. The van der Waals surface area contributed by atoms with Crippen molar-refractivity contribution in [1.82, 2.24) is 9.97 Å². The Labute approximate surface area is 133 Å². The second kappa shape index (κ2) is 7.94. The molecule has 0 unspecified atom stereocenters. The monoisotopic (exact) mass is 392 g/mol. The third-order valence-corrected chi connectivity index (χ3v) is 4.16. The standard InChI is InChI=1S/C13H21IN4O2/c1-3-4-15-12-11(14)10(9-19-2)16-13(17-12)18-5-7-20-8-6-18/h3-9H2,1-2H3,(H,15,16,17). The van der Waals surface area contributed by atoms with Gasteiger partial charge >= 0.3 is 0 Å². The Kier molecular flexibility index (Phi) is 6.24. The van der Waals surface area contributed by atoms with E-state index in [0.29, 0.717) is 6.61 Å². The second-order valence-corrected chi connectivity index (χ2v) is 5.67. The zero-order valence-corrected chi connectivity index (χ0v) is 14.1. The van der Waals surface area contributed by atoms with Gasteiger partial charge in [-0.2, -0.15) is 4.98 Å². The predicted octanol–water partition coefficient (Wildman–Crippen LogP) is 1.89. The molecule has 1 N–H and O–H groups in total. The largest absolute Gasteiger partial charge is 0.378 e. The SMILES string of the molecule is CCCNc1nc(N2CCOCC2)nc(COC)c1I. The lowest BCUT2D eigenvalue weighted by Crippen LogP contribution is -2.37. The van der Waals surface area contributed by atoms with Crippen molar-refractivity contribution in [2.75, 3.05) is 50.2 Å². The summed E-state index contributed by atoms with van der Waals surface area (Å²) in [6.45, 7) is 6.67. The molecule has 0 amide bonds. The van der Waals surface area contributed by atoms with Crippen molar-refractivity contribution in [3.63, 3.8) is 0 Å². The highest BCUT2D eigenvalue weighted by atomic mass is 127. The molecule has 0 saturated carbocycles. The molecule has 0 bridgehead atoms. The Morgan fingerprint density at radius 3 is 2.75 bits per heavy atom. The van der Waals surface area contributed by atoms with Gasteiger partial charge in [-0.3, -0.25) is 0 Å². The van der Waals surface area contributed by atoms with E-state index in [4.69, 9.17) is 9.47 Å². The summed E-state index contributed by atoms with van der Waals surface area (Å²) in [5.41, 5.74) is 0.934. The fourth-order valence-corrected chi connectivity index (χ4v) is 2.57. The molecule has 1 aliphatic heterocycles. The molecule has 1 saturated heterocycles. The molecule has 112 valence electrons. The number of rotatable bonds is 6. The van der Waals surface area contributed by atoms with Crippen molar-refractivity contribution in [1.29, 1.82) is 0 Å². The predicted molar refractivity (Wildman–Crippen MR) is 87.3 cm³/mol. The molecular formula is C13H21IN4O2. The van der Waals surface area contributed by atoms with Gasteiger partial charge in [-0.15, -0.1) is 0 Å². The van der Waals surface area contributed by atoms with Gasteiger partial charge in [0.1, 0.15) is 5.82 Å². The maximum absolute atomic E-state index is 5.38. The van der Waals surface area contributed by atoms with Crippen molar-refractivity contribution in [3.8, 4) is 0 Å². The third kappa shape index (κ3) is 3.92. The molecule has 1 aromatic rings. The van der Waals surface area contributed by atoms with Gasteiger partial charge in [0, 0.05) is 26.7 Å². The van der Waals surface area contributed by atoms with Gasteiger partial charge in [0.25, 0.3) is 0 Å². The molecule has 2 rings (SSSR count). The summed E-state index contributed by atoms with van der Waals surface area (Å²) in [6, 6.07) is 0. The molecule has 2 heterocycles. The molecule has 1 aromatic heterocycles. The number of nitrogens with zero attached hydrogens (tertiary/aromatic N) is 3. The average molecular weight is 392 g/mol. The summed E-state index contributed by atoms with van der Waals surface area (Å²) in [4.78, 5) is 11.5. The van der Waals surface area contributed by atoms with Gasteiger partial charge in [0.2, 0.25) is 5.95 Å². The quantitative estimate of drug-likeness (QED) is 0.747. The third-order valence-electron chi connectivity index (χ3n) is 3.03. The van der Waals surface area contributed by atoms with E-state index in [-0.39, 0.29) is 0 Å². The Morgan fingerprint density at radius 2 is 2.10 bits per heavy atom. The van der Waals surface area contributed by atoms with Gasteiger partial charge in [-0.1, -0.05) is 6.92 Å². The van der Waals surface area contributed by atoms with Gasteiger partial charge in [-0.05, 0) is 29.0 Å². The molecule has 0 radical (unpaired) electrons. The molecule has 0 aliphatic carbocycles. The summed E-state index contributed by atoms with van der Waals surface area (Å²) in [6.07, 6.45) is 1.06. The van der Waals surface area contributed by atoms with Crippen LogP contribution in [0.2, 0.25) is 0 Å². The number of hydrogen-bond acceptors (Lipinski definition) is 6. The summed E-state index contributed by atoms with van der Waals surface area (Å²) >= 11 is 2.28. The number of ether oxygens (including phenoxy) is 2. The van der Waals surface area contributed by atoms with Crippen LogP contribution in [0.1, 0.15) is 19.0 Å². The highest BCUT2D eigenvalue weighted by Gasteiger charge is 2.18. The lowest BCUT2D eigenvalue weighted by Gasteiger charge is -2.27. The number of morpholine rings is 1. The fraction of sp³-hybridized carbons (Fsp3) is 0.692. The number of aromatic nitrogens is 2. The van der Waals surface area contributed by atoms with Crippen molar-refractivity contribution in [2.24, 2.45) is 0 Å². The van der Waals surface area contributed by atoms with Gasteiger partial charge in [0.05, 0.1) is 29.1 Å². The van der Waals surface area contributed by atoms with Crippen LogP contribution in [0, 0.1) is 3.57 Å².